The zero-order chi connectivity index (χ0) is 23.9. The number of anilines is 1. The van der Waals surface area contributed by atoms with Gasteiger partial charge >= 0.3 is 12.1 Å². The van der Waals surface area contributed by atoms with Crippen LogP contribution in [-0.2, 0) is 30.3 Å². The second kappa shape index (κ2) is 8.67. The molecule has 1 saturated heterocycles. The van der Waals surface area contributed by atoms with Crippen LogP contribution in [0.3, 0.4) is 0 Å². The van der Waals surface area contributed by atoms with Gasteiger partial charge in [-0.3, -0.25) is 9.59 Å². The number of amides is 3. The fourth-order valence-corrected chi connectivity index (χ4v) is 4.62. The molecule has 0 radical (unpaired) electrons. The Bertz CT molecular complexity index is 1100. The molecule has 9 heteroatoms. The highest BCUT2D eigenvalue weighted by molar-refractivity contribution is 6.17. The van der Waals surface area contributed by atoms with Crippen LogP contribution in [0.2, 0.25) is 0 Å². The van der Waals surface area contributed by atoms with Crippen molar-refractivity contribution >= 4 is 35.1 Å². The summed E-state index contributed by atoms with van der Waals surface area (Å²) in [4.78, 5) is 52.6. The van der Waals surface area contributed by atoms with Crippen LogP contribution < -0.4 is 4.90 Å². The smallest absolute Gasteiger partial charge is 0.421 e. The summed E-state index contributed by atoms with van der Waals surface area (Å²) in [7, 11) is 0. The Balaban J connectivity index is 1.70. The lowest BCUT2D eigenvalue weighted by atomic mass is 9.82. The number of nitrogens with zero attached hydrogens (tertiary/aromatic N) is 2. The molecule has 3 aliphatic heterocycles. The van der Waals surface area contributed by atoms with Crippen molar-refractivity contribution in [2.45, 2.75) is 31.9 Å². The highest BCUT2D eigenvalue weighted by Gasteiger charge is 2.57. The lowest BCUT2D eigenvalue weighted by molar-refractivity contribution is -0.162. The first-order chi connectivity index (χ1) is 15.8. The van der Waals surface area contributed by atoms with E-state index in [2.05, 4.69) is 13.2 Å². The van der Waals surface area contributed by atoms with Gasteiger partial charge in [0.25, 0.3) is 0 Å². The number of aliphatic hydroxyl groups excluding tert-OH is 1. The number of hydrogen-bond acceptors (Lipinski definition) is 7. The van der Waals surface area contributed by atoms with Crippen molar-refractivity contribution in [3.8, 4) is 0 Å². The standard InChI is InChI=1S/C24H24N2O7/c1-4-8-32-23(30)21-16(12-18-20(13(3)27)22(29)26(18)21)14-6-7-17-15(10-14)11-19(28)25(17)24(31)33-9-5-2/h4-7,10,13,18,20,27H,1-2,8-9,11-12H2,3H3/t13-,18-,20-/m1/s1. The molecule has 1 fully saturated rings. The number of aliphatic hydroxyl groups is 1. The van der Waals surface area contributed by atoms with Gasteiger partial charge in [-0.15, -0.1) is 0 Å². The van der Waals surface area contributed by atoms with Crippen LogP contribution in [0.15, 0.2) is 49.2 Å². The summed E-state index contributed by atoms with van der Waals surface area (Å²) in [6.45, 7) is 8.54. The minimum Gasteiger partial charge on any atom is -0.457 e. The first-order valence-electron chi connectivity index (χ1n) is 10.6. The molecule has 0 aliphatic carbocycles. The monoisotopic (exact) mass is 452 g/mol. The van der Waals surface area contributed by atoms with Crippen LogP contribution in [0, 0.1) is 5.92 Å². The molecule has 0 aromatic heterocycles. The van der Waals surface area contributed by atoms with E-state index in [0.717, 1.165) is 4.90 Å². The van der Waals surface area contributed by atoms with Crippen molar-refractivity contribution in [1.82, 2.24) is 4.90 Å². The Morgan fingerprint density at radius 3 is 2.58 bits per heavy atom. The first-order valence-corrected chi connectivity index (χ1v) is 10.6. The van der Waals surface area contributed by atoms with E-state index in [9.17, 15) is 24.3 Å². The Hall–Kier alpha value is -3.72. The summed E-state index contributed by atoms with van der Waals surface area (Å²) in [6.07, 6.45) is 1.57. The minimum absolute atomic E-state index is 0.00173. The fourth-order valence-electron chi connectivity index (χ4n) is 4.62. The molecule has 172 valence electrons. The molecule has 0 bridgehead atoms. The second-order valence-corrected chi connectivity index (χ2v) is 8.08. The highest BCUT2D eigenvalue weighted by atomic mass is 16.6. The van der Waals surface area contributed by atoms with Crippen molar-refractivity contribution in [3.63, 3.8) is 0 Å². The Morgan fingerprint density at radius 2 is 1.91 bits per heavy atom. The van der Waals surface area contributed by atoms with E-state index in [1.165, 1.54) is 17.1 Å². The van der Waals surface area contributed by atoms with E-state index in [4.69, 9.17) is 9.47 Å². The largest absolute Gasteiger partial charge is 0.457 e. The molecule has 1 N–H and O–H groups in total. The zero-order valence-electron chi connectivity index (χ0n) is 18.2. The summed E-state index contributed by atoms with van der Waals surface area (Å²) in [5.74, 6) is -2.01. The van der Waals surface area contributed by atoms with E-state index in [1.54, 1.807) is 25.1 Å². The second-order valence-electron chi connectivity index (χ2n) is 8.08. The summed E-state index contributed by atoms with van der Waals surface area (Å²) >= 11 is 0. The molecular weight excluding hydrogens is 428 g/mol. The molecule has 3 atom stereocenters. The third kappa shape index (κ3) is 3.64. The number of hydrogen-bond donors (Lipinski definition) is 1. The summed E-state index contributed by atoms with van der Waals surface area (Å²) < 4.78 is 10.2. The number of rotatable bonds is 7. The maximum atomic E-state index is 12.8. The normalized spacial score (nSPS) is 21.9. The maximum Gasteiger partial charge on any atom is 0.421 e. The highest BCUT2D eigenvalue weighted by Crippen LogP contribution is 2.48. The van der Waals surface area contributed by atoms with Crippen LogP contribution in [-0.4, -0.2) is 59.2 Å². The van der Waals surface area contributed by atoms with Crippen molar-refractivity contribution in [1.29, 1.82) is 0 Å². The molecular formula is C24H24N2O7. The predicted octanol–water partition coefficient (Wildman–Crippen LogP) is 1.95. The van der Waals surface area contributed by atoms with E-state index in [-0.39, 0.29) is 37.3 Å². The van der Waals surface area contributed by atoms with Crippen LogP contribution in [0.1, 0.15) is 24.5 Å². The van der Waals surface area contributed by atoms with Gasteiger partial charge < -0.3 is 19.5 Å². The number of fused-ring (bicyclic) bond motifs is 2. The van der Waals surface area contributed by atoms with Crippen molar-refractivity contribution in [2.24, 2.45) is 5.92 Å². The molecule has 1 aromatic rings. The van der Waals surface area contributed by atoms with E-state index in [0.29, 0.717) is 28.8 Å². The Kier molecular flexibility index (Phi) is 5.90. The molecule has 9 nitrogen and oxygen atoms in total. The van der Waals surface area contributed by atoms with Gasteiger partial charge in [-0.05, 0) is 42.2 Å². The quantitative estimate of drug-likeness (QED) is 0.382. The summed E-state index contributed by atoms with van der Waals surface area (Å²) in [5.41, 5.74) is 2.38. The number of ether oxygens (including phenoxy) is 2. The van der Waals surface area contributed by atoms with Gasteiger partial charge in [0.15, 0.2) is 0 Å². The van der Waals surface area contributed by atoms with Crippen molar-refractivity contribution < 1.29 is 33.8 Å². The third-order valence-corrected chi connectivity index (χ3v) is 6.02. The molecule has 0 unspecified atom stereocenters. The number of carbonyl (C=O) groups is 4. The van der Waals surface area contributed by atoms with E-state index >= 15 is 0 Å². The van der Waals surface area contributed by atoms with Gasteiger partial charge in [-0.1, -0.05) is 31.4 Å². The lowest BCUT2D eigenvalue weighted by Gasteiger charge is -2.44. The Morgan fingerprint density at radius 1 is 1.21 bits per heavy atom. The van der Waals surface area contributed by atoms with E-state index in [1.807, 2.05) is 0 Å². The number of benzene rings is 1. The molecule has 3 heterocycles. The minimum atomic E-state index is -0.851. The van der Waals surface area contributed by atoms with Gasteiger partial charge in [0.05, 0.1) is 30.2 Å². The molecule has 0 spiro atoms. The van der Waals surface area contributed by atoms with Gasteiger partial charge in [-0.2, -0.15) is 0 Å². The maximum absolute atomic E-state index is 12.8. The summed E-state index contributed by atoms with van der Waals surface area (Å²) in [6, 6.07) is 4.69. The molecule has 3 amide bonds. The van der Waals surface area contributed by atoms with Gasteiger partial charge in [0, 0.05) is 0 Å². The van der Waals surface area contributed by atoms with E-state index < -0.39 is 30.0 Å². The number of β-lactam (4-membered cyclic amide) rings is 1. The van der Waals surface area contributed by atoms with Crippen LogP contribution in [0.25, 0.3) is 5.57 Å². The number of esters is 1. The number of imide groups is 1. The predicted molar refractivity (Wildman–Crippen MR) is 118 cm³/mol. The zero-order valence-corrected chi connectivity index (χ0v) is 18.2. The van der Waals surface area contributed by atoms with Crippen LogP contribution >= 0.6 is 0 Å². The average Bonchev–Trinajstić information content (AvgIpc) is 3.29. The molecule has 0 saturated carbocycles. The number of carbonyl (C=O) groups excluding carboxylic acids is 4. The van der Waals surface area contributed by atoms with Crippen LogP contribution in [0.4, 0.5) is 10.5 Å². The fraction of sp³-hybridized carbons (Fsp3) is 0.333. The third-order valence-electron chi connectivity index (χ3n) is 6.02. The SMILES string of the molecule is C=CCOC(=O)C1=C(c2ccc3c(c2)CC(=O)N3C(=O)OCC=C)C[C@@H]2[C@@H]([C@@H](C)O)C(=O)N12. The molecule has 4 rings (SSSR count). The summed E-state index contributed by atoms with van der Waals surface area (Å²) in [5, 5.41) is 10.0. The molecule has 3 aliphatic rings. The van der Waals surface area contributed by atoms with Crippen LogP contribution in [0.5, 0.6) is 0 Å². The topological polar surface area (TPSA) is 113 Å². The Labute approximate surface area is 190 Å². The van der Waals surface area contributed by atoms with Gasteiger partial charge in [0.1, 0.15) is 18.9 Å². The first kappa shape index (κ1) is 22.5. The molecule has 1 aromatic carbocycles. The van der Waals surface area contributed by atoms with Gasteiger partial charge in [0.2, 0.25) is 11.8 Å². The molecule has 33 heavy (non-hydrogen) atoms. The van der Waals surface area contributed by atoms with Crippen molar-refractivity contribution in [3.05, 3.63) is 60.3 Å². The van der Waals surface area contributed by atoms with Gasteiger partial charge in [-0.25, -0.2) is 14.5 Å². The van der Waals surface area contributed by atoms with Crippen molar-refractivity contribution in [2.75, 3.05) is 18.1 Å². The average molecular weight is 452 g/mol. The lowest BCUT2D eigenvalue weighted by Crippen LogP contribution is -2.61.